The molecular formula is C51H34N4O. The Labute approximate surface area is 350 Å². The van der Waals surface area contributed by atoms with Crippen LogP contribution in [0.15, 0.2) is 210 Å². The third-order valence-corrected chi connectivity index (χ3v) is 8.83. The molecule has 0 aliphatic heterocycles. The fraction of sp³-hybridized carbons (Fsp3) is 0. The van der Waals surface area contributed by atoms with Crippen LogP contribution in [0.1, 0.15) is 24.7 Å². The monoisotopic (exact) mass is 736 g/mol. The molecule has 0 aliphatic rings. The van der Waals surface area contributed by atoms with Crippen molar-refractivity contribution in [3.05, 3.63) is 206 Å². The molecule has 0 radical (unpaired) electrons. The standard InChI is InChI=1S/C51H34N4O/c1-5-17-35(18-6-1)38-23-15-24-39(31-38)40-25-16-28-42(32-40)55(41-26-11-4-12-27-41)43-33-45(48-44-29-13-14-30-46(44)56-47(48)34-43)51-53-49(36-19-7-2-8-20-36)52-50(54-51)37-21-9-3-10-22-37/h1-34H/i1D,4D,5D,6D,11D,12D,15D,16D,17D,18D,23D,24D,25D,26D,27D,28D,31D,32D. The summed E-state index contributed by atoms with van der Waals surface area (Å²) in [7, 11) is 0. The molecule has 8 aromatic carbocycles. The molecule has 2 aromatic heterocycles. The van der Waals surface area contributed by atoms with Gasteiger partial charge in [-0.1, -0.05) is 157 Å². The first-order chi connectivity index (χ1) is 35.2. The maximum atomic E-state index is 9.96. The predicted octanol–water partition coefficient (Wildman–Crippen LogP) is 13.6. The smallest absolute Gasteiger partial charge is 0.164 e. The molecular weight excluding hydrogens is 685 g/mol. The highest BCUT2D eigenvalue weighted by Crippen LogP contribution is 2.44. The van der Waals surface area contributed by atoms with Crippen molar-refractivity contribution in [2.45, 2.75) is 0 Å². The van der Waals surface area contributed by atoms with E-state index in [0.717, 1.165) is 4.90 Å². The minimum Gasteiger partial charge on any atom is -0.456 e. The third kappa shape index (κ3) is 6.27. The molecule has 0 bridgehead atoms. The Bertz CT molecular complexity index is 3910. The number of benzene rings is 8. The number of hydrogen-bond donors (Lipinski definition) is 0. The van der Waals surface area contributed by atoms with Crippen LogP contribution in [0.2, 0.25) is 0 Å². The molecule has 10 aromatic rings. The SMILES string of the molecule is [2H]c1c([2H])c([2H])c(-c2c([2H])c([2H])c([2H])c(-c3c([2H])c([2H])c([2H])c(N(c4cc(-c5nc(-c6ccccc6)nc(-c6ccccc6)n5)c5c(c4)oc4ccccc45)c4c([2H])c([2H])c([2H])c([2H])c4[2H])c3[2H])c2[2H])c([2H])c1[2H]. The van der Waals surface area contributed by atoms with E-state index in [0.29, 0.717) is 27.5 Å². The van der Waals surface area contributed by atoms with Crippen LogP contribution < -0.4 is 4.90 Å². The second-order valence-corrected chi connectivity index (χ2v) is 12.3. The Morgan fingerprint density at radius 1 is 0.411 bits per heavy atom. The minimum absolute atomic E-state index is 0.0639. The van der Waals surface area contributed by atoms with E-state index in [1.54, 1.807) is 24.3 Å². The minimum atomic E-state index is -0.949. The van der Waals surface area contributed by atoms with Crippen LogP contribution >= 0.6 is 0 Å². The van der Waals surface area contributed by atoms with Crippen molar-refractivity contribution >= 4 is 39.0 Å². The lowest BCUT2D eigenvalue weighted by molar-refractivity contribution is 0.669. The van der Waals surface area contributed by atoms with Gasteiger partial charge in [0, 0.05) is 44.9 Å². The highest BCUT2D eigenvalue weighted by molar-refractivity contribution is 6.13. The normalized spacial score (nSPS) is 15.7. The molecule has 0 spiro atoms. The van der Waals surface area contributed by atoms with Gasteiger partial charge in [0.2, 0.25) is 0 Å². The number of anilines is 3. The molecule has 10 rings (SSSR count). The van der Waals surface area contributed by atoms with Gasteiger partial charge in [-0.05, 0) is 64.6 Å². The summed E-state index contributed by atoms with van der Waals surface area (Å²) in [5, 5.41) is 1.04. The van der Waals surface area contributed by atoms with E-state index >= 15 is 0 Å². The van der Waals surface area contributed by atoms with Crippen LogP contribution in [-0.2, 0) is 0 Å². The van der Waals surface area contributed by atoms with Crippen molar-refractivity contribution in [1.29, 1.82) is 0 Å². The second kappa shape index (κ2) is 14.3. The first-order valence-electron chi connectivity index (χ1n) is 26.2. The van der Waals surface area contributed by atoms with E-state index in [9.17, 15) is 9.60 Å². The van der Waals surface area contributed by atoms with Crippen molar-refractivity contribution in [3.63, 3.8) is 0 Å². The fourth-order valence-corrected chi connectivity index (χ4v) is 6.34. The highest BCUT2D eigenvalue weighted by Gasteiger charge is 2.22. The van der Waals surface area contributed by atoms with Gasteiger partial charge in [0.1, 0.15) is 11.2 Å². The first kappa shape index (κ1) is 19.1. The third-order valence-electron chi connectivity index (χ3n) is 8.83. The number of aromatic nitrogens is 3. The molecule has 0 aliphatic carbocycles. The summed E-state index contributed by atoms with van der Waals surface area (Å²) in [6.45, 7) is 0. The van der Waals surface area contributed by atoms with Gasteiger partial charge >= 0.3 is 0 Å². The number of furan rings is 1. The zero-order valence-corrected chi connectivity index (χ0v) is 28.9. The van der Waals surface area contributed by atoms with Gasteiger partial charge in [-0.2, -0.15) is 0 Å². The van der Waals surface area contributed by atoms with E-state index in [2.05, 4.69) is 0 Å². The maximum absolute atomic E-state index is 9.96. The van der Waals surface area contributed by atoms with Gasteiger partial charge < -0.3 is 9.32 Å². The average molecular weight is 737 g/mol. The molecule has 5 nitrogen and oxygen atoms in total. The Hall–Kier alpha value is -7.63. The predicted molar refractivity (Wildman–Crippen MR) is 229 cm³/mol. The van der Waals surface area contributed by atoms with Gasteiger partial charge in [-0.15, -0.1) is 0 Å². The van der Waals surface area contributed by atoms with E-state index in [1.807, 2.05) is 60.7 Å². The summed E-state index contributed by atoms with van der Waals surface area (Å²) in [6, 6.07) is 12.4. The van der Waals surface area contributed by atoms with Crippen LogP contribution in [0, 0.1) is 0 Å². The molecule has 0 saturated carbocycles. The molecule has 0 unspecified atom stereocenters. The van der Waals surface area contributed by atoms with Gasteiger partial charge in [-0.3, -0.25) is 0 Å². The maximum Gasteiger partial charge on any atom is 0.164 e. The molecule has 0 saturated heterocycles. The van der Waals surface area contributed by atoms with Crippen molar-refractivity contribution < 1.29 is 29.1 Å². The average Bonchev–Trinajstić information content (AvgIpc) is 3.80. The van der Waals surface area contributed by atoms with Gasteiger partial charge in [-0.25, -0.2) is 15.0 Å². The van der Waals surface area contributed by atoms with E-state index in [1.165, 1.54) is 12.1 Å². The fourth-order valence-electron chi connectivity index (χ4n) is 6.34. The van der Waals surface area contributed by atoms with Gasteiger partial charge in [0.25, 0.3) is 0 Å². The first-order valence-corrected chi connectivity index (χ1v) is 17.2. The quantitative estimate of drug-likeness (QED) is 0.155. The lowest BCUT2D eigenvalue weighted by Crippen LogP contribution is -2.10. The Morgan fingerprint density at radius 2 is 0.946 bits per heavy atom. The van der Waals surface area contributed by atoms with Crippen LogP contribution in [0.25, 0.3) is 78.4 Å². The van der Waals surface area contributed by atoms with E-state index < -0.39 is 142 Å². The summed E-state index contributed by atoms with van der Waals surface area (Å²) in [4.78, 5) is 15.7. The number of para-hydroxylation sites is 2. The topological polar surface area (TPSA) is 55.1 Å². The zero-order chi connectivity index (χ0) is 52.9. The number of fused-ring (bicyclic) bond motifs is 3. The molecule has 264 valence electrons. The van der Waals surface area contributed by atoms with Crippen molar-refractivity contribution in [2.75, 3.05) is 4.90 Å². The largest absolute Gasteiger partial charge is 0.456 e. The molecule has 0 fully saturated rings. The lowest BCUT2D eigenvalue weighted by Gasteiger charge is -2.26. The van der Waals surface area contributed by atoms with Crippen LogP contribution in [0.4, 0.5) is 17.1 Å². The van der Waals surface area contributed by atoms with Crippen molar-refractivity contribution in [2.24, 2.45) is 0 Å². The van der Waals surface area contributed by atoms with E-state index in [4.69, 9.17) is 34.4 Å². The van der Waals surface area contributed by atoms with Crippen LogP contribution in [0.3, 0.4) is 0 Å². The Morgan fingerprint density at radius 3 is 1.64 bits per heavy atom. The summed E-state index contributed by atoms with van der Waals surface area (Å²) in [6.07, 6.45) is 0. The molecule has 2 heterocycles. The molecule has 0 amide bonds. The van der Waals surface area contributed by atoms with Gasteiger partial charge in [0.15, 0.2) is 17.5 Å². The second-order valence-electron chi connectivity index (χ2n) is 12.3. The van der Waals surface area contributed by atoms with Crippen LogP contribution in [0.5, 0.6) is 0 Å². The summed E-state index contributed by atoms with van der Waals surface area (Å²) in [5.41, 5.74) is -2.47. The summed E-state index contributed by atoms with van der Waals surface area (Å²) in [5.74, 6) is 0.578. The summed E-state index contributed by atoms with van der Waals surface area (Å²) >= 11 is 0. The van der Waals surface area contributed by atoms with Gasteiger partial charge in [0.05, 0.1) is 30.4 Å². The van der Waals surface area contributed by atoms with Crippen molar-refractivity contribution in [3.8, 4) is 56.4 Å². The summed E-state index contributed by atoms with van der Waals surface area (Å²) < 4.78 is 168. The molecule has 0 atom stereocenters. The number of hydrogen-bond acceptors (Lipinski definition) is 5. The van der Waals surface area contributed by atoms with E-state index in [-0.39, 0.29) is 34.3 Å². The number of nitrogens with zero attached hydrogens (tertiary/aromatic N) is 4. The number of rotatable bonds is 8. The zero-order valence-electron chi connectivity index (χ0n) is 46.9. The lowest BCUT2D eigenvalue weighted by atomic mass is 9.98. The molecule has 56 heavy (non-hydrogen) atoms. The van der Waals surface area contributed by atoms with Crippen LogP contribution in [-0.4, -0.2) is 15.0 Å². The highest BCUT2D eigenvalue weighted by atomic mass is 16.3. The van der Waals surface area contributed by atoms with Crippen molar-refractivity contribution in [1.82, 2.24) is 15.0 Å². The Balaban J connectivity index is 1.35. The molecule has 5 heteroatoms. The molecule has 0 N–H and O–H groups in total. The Kier molecular flexibility index (Phi) is 4.88.